The Balaban J connectivity index is 2.00. The van der Waals surface area contributed by atoms with Crippen molar-refractivity contribution in [2.45, 2.75) is 13.5 Å². The molecule has 0 saturated carbocycles. The summed E-state index contributed by atoms with van der Waals surface area (Å²) in [5, 5.41) is 9.97. The minimum atomic E-state index is 0.691. The summed E-state index contributed by atoms with van der Waals surface area (Å²) < 4.78 is 2.19. The molecule has 92 valence electrons. The van der Waals surface area contributed by atoms with Crippen molar-refractivity contribution >= 4 is 11.0 Å². The van der Waals surface area contributed by atoms with Gasteiger partial charge in [0.05, 0.1) is 11.6 Å². The zero-order valence-electron chi connectivity index (χ0n) is 10.7. The maximum atomic E-state index is 8.81. The van der Waals surface area contributed by atoms with Gasteiger partial charge in [0.2, 0.25) is 0 Å². The summed E-state index contributed by atoms with van der Waals surface area (Å²) in [5.41, 5.74) is 4.06. The van der Waals surface area contributed by atoms with Gasteiger partial charge in [0.25, 0.3) is 0 Å². The average Bonchev–Trinajstić information content (AvgIpc) is 2.76. The van der Waals surface area contributed by atoms with Crippen LogP contribution in [0.3, 0.4) is 0 Å². The Hall–Kier alpha value is -2.60. The number of nitrogens with zero attached hydrogens (tertiary/aromatic N) is 3. The van der Waals surface area contributed by atoms with Crippen LogP contribution in [0.2, 0.25) is 0 Å². The van der Waals surface area contributed by atoms with Gasteiger partial charge in [-0.2, -0.15) is 5.26 Å². The highest BCUT2D eigenvalue weighted by Crippen LogP contribution is 2.18. The molecule has 0 atom stereocenters. The Bertz CT molecular complexity index is 761. The third-order valence-electron chi connectivity index (χ3n) is 3.29. The van der Waals surface area contributed by atoms with Gasteiger partial charge in [-0.3, -0.25) is 0 Å². The Morgan fingerprint density at radius 1 is 1.21 bits per heavy atom. The molecule has 0 unspecified atom stereocenters. The first-order chi connectivity index (χ1) is 9.28. The highest BCUT2D eigenvalue weighted by atomic mass is 15.0. The minimum absolute atomic E-state index is 0.691. The zero-order valence-corrected chi connectivity index (χ0v) is 10.7. The maximum Gasteiger partial charge on any atom is 0.140 e. The monoisotopic (exact) mass is 247 g/mol. The van der Waals surface area contributed by atoms with E-state index < -0.39 is 0 Å². The van der Waals surface area contributed by atoms with Crippen LogP contribution in [0.5, 0.6) is 0 Å². The number of pyridine rings is 1. The van der Waals surface area contributed by atoms with Crippen LogP contribution in [0.15, 0.2) is 48.7 Å². The van der Waals surface area contributed by atoms with Gasteiger partial charge < -0.3 is 4.57 Å². The van der Waals surface area contributed by atoms with Gasteiger partial charge in [-0.25, -0.2) is 4.98 Å². The van der Waals surface area contributed by atoms with Crippen LogP contribution in [-0.4, -0.2) is 9.55 Å². The molecule has 3 aromatic rings. The highest BCUT2D eigenvalue weighted by Gasteiger charge is 2.06. The lowest BCUT2D eigenvalue weighted by Crippen LogP contribution is -2.02. The van der Waals surface area contributed by atoms with Gasteiger partial charge in [0.1, 0.15) is 5.65 Å². The van der Waals surface area contributed by atoms with Crippen LogP contribution in [0.25, 0.3) is 11.0 Å². The molecule has 0 aliphatic heterocycles. The standard InChI is InChI=1S/C16H13N3/c1-12-9-15-3-2-8-18-16(15)19(12)11-14-6-4-13(10-17)5-7-14/h2-9H,11H2,1H3. The van der Waals surface area contributed by atoms with Gasteiger partial charge in [0, 0.05) is 23.8 Å². The van der Waals surface area contributed by atoms with Gasteiger partial charge in [-0.1, -0.05) is 12.1 Å². The van der Waals surface area contributed by atoms with Crippen molar-refractivity contribution in [2.75, 3.05) is 0 Å². The average molecular weight is 247 g/mol. The second-order valence-corrected chi connectivity index (χ2v) is 4.60. The van der Waals surface area contributed by atoms with Gasteiger partial charge in [-0.15, -0.1) is 0 Å². The van der Waals surface area contributed by atoms with E-state index in [1.165, 1.54) is 11.3 Å². The van der Waals surface area contributed by atoms with Crippen molar-refractivity contribution in [3.63, 3.8) is 0 Å². The van der Waals surface area contributed by atoms with Gasteiger partial charge >= 0.3 is 0 Å². The van der Waals surface area contributed by atoms with E-state index in [9.17, 15) is 0 Å². The molecule has 0 N–H and O–H groups in total. The number of aryl methyl sites for hydroxylation is 1. The zero-order chi connectivity index (χ0) is 13.2. The van der Waals surface area contributed by atoms with E-state index in [1.807, 2.05) is 36.5 Å². The Morgan fingerprint density at radius 3 is 2.74 bits per heavy atom. The molecule has 3 heteroatoms. The summed E-state index contributed by atoms with van der Waals surface area (Å²) in [6, 6.07) is 16.0. The van der Waals surface area contributed by atoms with Crippen molar-refractivity contribution < 1.29 is 0 Å². The predicted molar refractivity (Wildman–Crippen MR) is 74.7 cm³/mol. The van der Waals surface area contributed by atoms with Crippen molar-refractivity contribution in [1.29, 1.82) is 5.26 Å². The molecule has 0 aliphatic carbocycles. The summed E-state index contributed by atoms with van der Waals surface area (Å²) in [5.74, 6) is 0. The van der Waals surface area contributed by atoms with Gasteiger partial charge in [-0.05, 0) is 42.8 Å². The fourth-order valence-corrected chi connectivity index (χ4v) is 2.28. The van der Waals surface area contributed by atoms with Crippen molar-refractivity contribution in [2.24, 2.45) is 0 Å². The Kier molecular flexibility index (Phi) is 2.77. The quantitative estimate of drug-likeness (QED) is 0.697. The van der Waals surface area contributed by atoms with Crippen LogP contribution in [0.1, 0.15) is 16.8 Å². The molecule has 0 fully saturated rings. The first-order valence-corrected chi connectivity index (χ1v) is 6.18. The molecular weight excluding hydrogens is 234 g/mol. The van der Waals surface area contributed by atoms with E-state index in [2.05, 4.69) is 34.7 Å². The minimum Gasteiger partial charge on any atom is -0.326 e. The van der Waals surface area contributed by atoms with E-state index in [0.29, 0.717) is 5.56 Å². The first kappa shape index (κ1) is 11.5. The summed E-state index contributed by atoms with van der Waals surface area (Å²) in [6.45, 7) is 2.86. The fraction of sp³-hybridized carbons (Fsp3) is 0.125. The SMILES string of the molecule is Cc1cc2cccnc2n1Cc1ccc(C#N)cc1. The molecule has 0 saturated heterocycles. The summed E-state index contributed by atoms with van der Waals surface area (Å²) >= 11 is 0. The third kappa shape index (κ3) is 2.09. The first-order valence-electron chi connectivity index (χ1n) is 6.18. The maximum absolute atomic E-state index is 8.81. The second kappa shape index (κ2) is 4.58. The summed E-state index contributed by atoms with van der Waals surface area (Å²) in [7, 11) is 0. The van der Waals surface area contributed by atoms with E-state index >= 15 is 0 Å². The van der Waals surface area contributed by atoms with Crippen LogP contribution in [-0.2, 0) is 6.54 Å². The van der Waals surface area contributed by atoms with Crippen LogP contribution < -0.4 is 0 Å². The van der Waals surface area contributed by atoms with E-state index in [1.54, 1.807) is 0 Å². The third-order valence-corrected chi connectivity index (χ3v) is 3.29. The topological polar surface area (TPSA) is 41.6 Å². The number of benzene rings is 1. The number of rotatable bonds is 2. The van der Waals surface area contributed by atoms with Gasteiger partial charge in [0.15, 0.2) is 0 Å². The van der Waals surface area contributed by atoms with Crippen molar-refractivity contribution in [1.82, 2.24) is 9.55 Å². The van der Waals surface area contributed by atoms with Crippen LogP contribution >= 0.6 is 0 Å². The molecule has 19 heavy (non-hydrogen) atoms. The lowest BCUT2D eigenvalue weighted by molar-refractivity contribution is 0.795. The fourth-order valence-electron chi connectivity index (χ4n) is 2.28. The highest BCUT2D eigenvalue weighted by molar-refractivity contribution is 5.77. The van der Waals surface area contributed by atoms with Crippen LogP contribution in [0, 0.1) is 18.3 Å². The molecule has 1 aromatic carbocycles. The number of hydrogen-bond acceptors (Lipinski definition) is 2. The van der Waals surface area contributed by atoms with E-state index in [4.69, 9.17) is 5.26 Å². The van der Waals surface area contributed by atoms with E-state index in [0.717, 1.165) is 17.6 Å². The number of fused-ring (bicyclic) bond motifs is 1. The molecule has 0 spiro atoms. The molecule has 0 bridgehead atoms. The smallest absolute Gasteiger partial charge is 0.140 e. The normalized spacial score (nSPS) is 10.5. The Morgan fingerprint density at radius 2 is 2.00 bits per heavy atom. The summed E-state index contributed by atoms with van der Waals surface area (Å²) in [6.07, 6.45) is 1.82. The van der Waals surface area contributed by atoms with Crippen molar-refractivity contribution in [3.05, 3.63) is 65.5 Å². The molecule has 3 nitrogen and oxygen atoms in total. The number of hydrogen-bond donors (Lipinski definition) is 0. The number of aromatic nitrogens is 2. The molecule has 2 aromatic heterocycles. The molecule has 0 radical (unpaired) electrons. The van der Waals surface area contributed by atoms with E-state index in [-0.39, 0.29) is 0 Å². The lowest BCUT2D eigenvalue weighted by Gasteiger charge is -2.07. The lowest BCUT2D eigenvalue weighted by atomic mass is 10.1. The van der Waals surface area contributed by atoms with Crippen molar-refractivity contribution in [3.8, 4) is 6.07 Å². The molecule has 0 amide bonds. The molecule has 3 rings (SSSR count). The molecular formula is C16H13N3. The summed E-state index contributed by atoms with van der Waals surface area (Å²) in [4.78, 5) is 4.44. The largest absolute Gasteiger partial charge is 0.326 e. The second-order valence-electron chi connectivity index (χ2n) is 4.60. The number of nitriles is 1. The Labute approximate surface area is 111 Å². The molecule has 2 heterocycles. The predicted octanol–water partition coefficient (Wildman–Crippen LogP) is 3.26. The van der Waals surface area contributed by atoms with Crippen LogP contribution in [0.4, 0.5) is 0 Å². The molecule has 0 aliphatic rings.